The maximum Gasteiger partial charge on any atom is 0.433 e. The molecule has 0 saturated heterocycles. The molecule has 2 heterocycles. The van der Waals surface area contributed by atoms with Crippen molar-refractivity contribution in [3.05, 3.63) is 64.6 Å². The summed E-state index contributed by atoms with van der Waals surface area (Å²) >= 11 is 0. The van der Waals surface area contributed by atoms with Crippen molar-refractivity contribution in [1.29, 1.82) is 0 Å². The molecule has 0 atom stereocenters. The first-order chi connectivity index (χ1) is 11.8. The Hall–Kier alpha value is -2.89. The van der Waals surface area contributed by atoms with Gasteiger partial charge in [-0.25, -0.2) is 4.98 Å². The second-order valence-corrected chi connectivity index (χ2v) is 5.80. The molecular formula is C19H15F3N2O. The van der Waals surface area contributed by atoms with E-state index in [9.17, 15) is 18.3 Å². The van der Waals surface area contributed by atoms with Crippen molar-refractivity contribution in [1.82, 2.24) is 9.97 Å². The van der Waals surface area contributed by atoms with Crippen molar-refractivity contribution in [2.75, 3.05) is 0 Å². The Morgan fingerprint density at radius 1 is 1.00 bits per heavy atom. The van der Waals surface area contributed by atoms with E-state index in [4.69, 9.17) is 0 Å². The summed E-state index contributed by atoms with van der Waals surface area (Å²) < 4.78 is 37.5. The highest BCUT2D eigenvalue weighted by Crippen LogP contribution is 2.30. The van der Waals surface area contributed by atoms with Crippen LogP contribution in [-0.4, -0.2) is 15.1 Å². The molecule has 0 saturated carbocycles. The number of alkyl halides is 3. The Morgan fingerprint density at radius 3 is 2.40 bits per heavy atom. The summed E-state index contributed by atoms with van der Waals surface area (Å²) in [7, 11) is 0. The number of aromatic nitrogens is 2. The molecule has 0 aliphatic carbocycles. The van der Waals surface area contributed by atoms with Crippen molar-refractivity contribution in [2.24, 2.45) is 0 Å². The van der Waals surface area contributed by atoms with Crippen LogP contribution in [0.3, 0.4) is 0 Å². The molecule has 3 rings (SSSR count). The molecular weight excluding hydrogens is 329 g/mol. The monoisotopic (exact) mass is 344 g/mol. The van der Waals surface area contributed by atoms with Crippen LogP contribution < -0.4 is 0 Å². The summed E-state index contributed by atoms with van der Waals surface area (Å²) in [5.74, 6) is 0.132. The van der Waals surface area contributed by atoms with Crippen LogP contribution >= 0.6 is 0 Å². The van der Waals surface area contributed by atoms with Crippen LogP contribution in [0.2, 0.25) is 0 Å². The number of phenolic OH excluding ortho intramolecular Hbond substituents is 1. The van der Waals surface area contributed by atoms with Gasteiger partial charge in [0.15, 0.2) is 0 Å². The molecule has 1 aromatic carbocycles. The second kappa shape index (κ2) is 6.20. The molecule has 0 aliphatic rings. The third-order valence-corrected chi connectivity index (χ3v) is 3.90. The van der Waals surface area contributed by atoms with Gasteiger partial charge in [0.1, 0.15) is 17.0 Å². The first-order valence-corrected chi connectivity index (χ1v) is 7.57. The number of phenols is 1. The first kappa shape index (κ1) is 17.0. The van der Waals surface area contributed by atoms with Gasteiger partial charge in [0, 0.05) is 11.6 Å². The van der Waals surface area contributed by atoms with Crippen molar-refractivity contribution >= 4 is 23.1 Å². The molecule has 25 heavy (non-hydrogen) atoms. The van der Waals surface area contributed by atoms with Crippen LogP contribution in [0.5, 0.6) is 5.75 Å². The molecule has 0 bridgehead atoms. The lowest BCUT2D eigenvalue weighted by Gasteiger charge is -2.08. The number of hydrogen-bond donors (Lipinski definition) is 1. The van der Waals surface area contributed by atoms with Gasteiger partial charge in [0.25, 0.3) is 0 Å². The van der Waals surface area contributed by atoms with Gasteiger partial charge in [-0.1, -0.05) is 24.3 Å². The van der Waals surface area contributed by atoms with E-state index in [0.29, 0.717) is 16.8 Å². The number of rotatable bonds is 2. The molecule has 0 aliphatic heterocycles. The van der Waals surface area contributed by atoms with Crippen LogP contribution in [-0.2, 0) is 6.18 Å². The standard InChI is InChI=1S/C19H15F3N2O/c1-11-9-12(2)18(25)17-15(11)7-6-14(24-17)5-3-13-4-8-16(23-10-13)19(20,21)22/h3-10,25H,1-2H3/b5-3+. The Bertz CT molecular complexity index is 961. The van der Waals surface area contributed by atoms with Gasteiger partial charge >= 0.3 is 6.18 Å². The van der Waals surface area contributed by atoms with E-state index in [0.717, 1.165) is 28.8 Å². The molecule has 0 fully saturated rings. The predicted octanol–water partition coefficient (Wildman–Crippen LogP) is 5.14. The van der Waals surface area contributed by atoms with Gasteiger partial charge in [0.2, 0.25) is 0 Å². The summed E-state index contributed by atoms with van der Waals surface area (Å²) in [6.45, 7) is 3.75. The van der Waals surface area contributed by atoms with Gasteiger partial charge in [0.05, 0.1) is 5.69 Å². The zero-order valence-electron chi connectivity index (χ0n) is 13.6. The number of benzene rings is 1. The molecule has 0 amide bonds. The third kappa shape index (κ3) is 3.47. The lowest BCUT2D eigenvalue weighted by molar-refractivity contribution is -0.141. The molecule has 3 nitrogen and oxygen atoms in total. The molecule has 128 valence electrons. The predicted molar refractivity (Wildman–Crippen MR) is 91.0 cm³/mol. The summed E-state index contributed by atoms with van der Waals surface area (Å²) in [5.41, 5.74) is 2.45. The Morgan fingerprint density at radius 2 is 1.76 bits per heavy atom. The Balaban J connectivity index is 1.92. The summed E-state index contributed by atoms with van der Waals surface area (Å²) in [5, 5.41) is 11.1. The summed E-state index contributed by atoms with van der Waals surface area (Å²) in [6.07, 6.45) is 0.00335. The number of halogens is 3. The normalized spacial score (nSPS) is 12.2. The summed E-state index contributed by atoms with van der Waals surface area (Å²) in [4.78, 5) is 7.84. The lowest BCUT2D eigenvalue weighted by atomic mass is 10.0. The van der Waals surface area contributed by atoms with E-state index in [1.807, 2.05) is 19.1 Å². The smallest absolute Gasteiger partial charge is 0.433 e. The van der Waals surface area contributed by atoms with Crippen molar-refractivity contribution < 1.29 is 18.3 Å². The summed E-state index contributed by atoms with van der Waals surface area (Å²) in [6, 6.07) is 7.83. The van der Waals surface area contributed by atoms with Gasteiger partial charge in [-0.15, -0.1) is 0 Å². The number of hydrogen-bond acceptors (Lipinski definition) is 3. The Labute approximate surface area is 142 Å². The molecule has 6 heteroatoms. The van der Waals surface area contributed by atoms with E-state index in [1.165, 1.54) is 6.07 Å². The minimum atomic E-state index is -4.45. The van der Waals surface area contributed by atoms with Crippen LogP contribution in [0.15, 0.2) is 36.5 Å². The zero-order chi connectivity index (χ0) is 18.2. The van der Waals surface area contributed by atoms with Crippen LogP contribution in [0.1, 0.15) is 28.1 Å². The minimum absolute atomic E-state index is 0.132. The highest BCUT2D eigenvalue weighted by Gasteiger charge is 2.31. The molecule has 2 aromatic heterocycles. The highest BCUT2D eigenvalue weighted by molar-refractivity contribution is 5.89. The van der Waals surface area contributed by atoms with Crippen molar-refractivity contribution in [3.8, 4) is 5.75 Å². The van der Waals surface area contributed by atoms with Crippen molar-refractivity contribution in [2.45, 2.75) is 20.0 Å². The molecule has 0 radical (unpaired) electrons. The fraction of sp³-hybridized carbons (Fsp3) is 0.158. The maximum absolute atomic E-state index is 12.5. The SMILES string of the molecule is Cc1cc(C)c2ccc(/C=C/c3ccc(C(F)(F)F)nc3)nc2c1O. The van der Waals surface area contributed by atoms with E-state index in [1.54, 1.807) is 25.1 Å². The topological polar surface area (TPSA) is 46.0 Å². The fourth-order valence-electron chi connectivity index (χ4n) is 2.58. The number of pyridine rings is 2. The van der Waals surface area contributed by atoms with E-state index >= 15 is 0 Å². The number of fused-ring (bicyclic) bond motifs is 1. The van der Waals surface area contributed by atoms with Crippen molar-refractivity contribution in [3.63, 3.8) is 0 Å². The van der Waals surface area contributed by atoms with Crippen LogP contribution in [0.25, 0.3) is 23.1 Å². The van der Waals surface area contributed by atoms with Crippen LogP contribution in [0, 0.1) is 13.8 Å². The van der Waals surface area contributed by atoms with Gasteiger partial charge in [-0.05, 0) is 48.7 Å². The number of aromatic hydroxyl groups is 1. The van der Waals surface area contributed by atoms with E-state index in [2.05, 4.69) is 9.97 Å². The molecule has 0 unspecified atom stereocenters. The van der Waals surface area contributed by atoms with Crippen LogP contribution in [0.4, 0.5) is 13.2 Å². The second-order valence-electron chi connectivity index (χ2n) is 5.80. The molecule has 0 spiro atoms. The largest absolute Gasteiger partial charge is 0.505 e. The lowest BCUT2D eigenvalue weighted by Crippen LogP contribution is -2.07. The number of aryl methyl sites for hydroxylation is 2. The van der Waals surface area contributed by atoms with Gasteiger partial charge < -0.3 is 5.11 Å². The minimum Gasteiger partial charge on any atom is -0.505 e. The third-order valence-electron chi connectivity index (χ3n) is 3.90. The maximum atomic E-state index is 12.5. The Kier molecular flexibility index (Phi) is 4.20. The van der Waals surface area contributed by atoms with E-state index < -0.39 is 11.9 Å². The molecule has 1 N–H and O–H groups in total. The number of nitrogens with zero attached hydrogens (tertiary/aromatic N) is 2. The van der Waals surface area contributed by atoms with Gasteiger partial charge in [-0.3, -0.25) is 4.98 Å². The van der Waals surface area contributed by atoms with Gasteiger partial charge in [-0.2, -0.15) is 13.2 Å². The first-order valence-electron chi connectivity index (χ1n) is 7.57. The average molecular weight is 344 g/mol. The average Bonchev–Trinajstić information content (AvgIpc) is 2.57. The molecule has 3 aromatic rings. The highest BCUT2D eigenvalue weighted by atomic mass is 19.4. The van der Waals surface area contributed by atoms with E-state index in [-0.39, 0.29) is 5.75 Å². The quantitative estimate of drug-likeness (QED) is 0.700. The fourth-order valence-corrected chi connectivity index (χ4v) is 2.58. The zero-order valence-corrected chi connectivity index (χ0v) is 13.6.